The zero-order chi connectivity index (χ0) is 23.0. The van der Waals surface area contributed by atoms with Crippen molar-refractivity contribution < 1.29 is 23.1 Å². The van der Waals surface area contributed by atoms with Gasteiger partial charge in [-0.3, -0.25) is 14.5 Å². The van der Waals surface area contributed by atoms with Gasteiger partial charge in [-0.1, -0.05) is 0 Å². The number of benzene rings is 1. The van der Waals surface area contributed by atoms with Crippen LogP contribution in [0, 0.1) is 18.6 Å². The molecular formula is C22H21F2N5O3. The normalized spacial score (nSPS) is 18.3. The van der Waals surface area contributed by atoms with E-state index in [9.17, 15) is 18.4 Å². The second-order valence-corrected chi connectivity index (χ2v) is 7.57. The number of fused-ring (bicyclic) bond motifs is 1. The van der Waals surface area contributed by atoms with Gasteiger partial charge in [0.1, 0.15) is 24.3 Å². The van der Waals surface area contributed by atoms with Crippen LogP contribution in [0.3, 0.4) is 0 Å². The van der Waals surface area contributed by atoms with E-state index in [0.717, 1.165) is 12.3 Å². The number of amides is 2. The number of rotatable bonds is 3. The molecule has 2 aliphatic heterocycles. The third-order valence-corrected chi connectivity index (χ3v) is 5.27. The Kier molecular flexibility index (Phi) is 5.60. The Morgan fingerprint density at radius 1 is 1.22 bits per heavy atom. The van der Waals surface area contributed by atoms with Gasteiger partial charge in [-0.15, -0.1) is 0 Å². The number of anilines is 1. The monoisotopic (exact) mass is 441 g/mol. The summed E-state index contributed by atoms with van der Waals surface area (Å²) in [5.41, 5.74) is 1.94. The van der Waals surface area contributed by atoms with Gasteiger partial charge in [0, 0.05) is 32.3 Å². The van der Waals surface area contributed by atoms with Crippen molar-refractivity contribution in [2.45, 2.75) is 13.0 Å². The van der Waals surface area contributed by atoms with Crippen LogP contribution in [-0.2, 0) is 9.59 Å². The third kappa shape index (κ3) is 4.03. The average molecular weight is 441 g/mol. The van der Waals surface area contributed by atoms with Crippen molar-refractivity contribution in [2.75, 3.05) is 32.1 Å². The Bertz CT molecular complexity index is 1160. The SMILES string of the molecule is Cc1cc(F)ccc1C1=CCN(C)C(C(=O)NC2COc3cc(F)cnc3N(C)C2=O)=N1. The number of pyridine rings is 1. The summed E-state index contributed by atoms with van der Waals surface area (Å²) in [6, 6.07) is 4.46. The highest BCUT2D eigenvalue weighted by atomic mass is 19.1. The number of aromatic nitrogens is 1. The van der Waals surface area contributed by atoms with E-state index in [1.165, 1.54) is 24.1 Å². The van der Waals surface area contributed by atoms with Crippen LogP contribution in [0.25, 0.3) is 5.70 Å². The topological polar surface area (TPSA) is 87.1 Å². The Hall–Kier alpha value is -3.82. The molecule has 0 spiro atoms. The number of carbonyl (C=O) groups is 2. The Balaban J connectivity index is 1.55. The molecular weight excluding hydrogens is 420 g/mol. The molecule has 3 heterocycles. The number of aryl methyl sites for hydroxylation is 1. The summed E-state index contributed by atoms with van der Waals surface area (Å²) in [5, 5.41) is 2.65. The fraction of sp³-hybridized carbons (Fsp3) is 0.273. The molecule has 1 unspecified atom stereocenters. The van der Waals surface area contributed by atoms with Gasteiger partial charge >= 0.3 is 0 Å². The van der Waals surface area contributed by atoms with E-state index in [2.05, 4.69) is 15.3 Å². The van der Waals surface area contributed by atoms with Crippen molar-refractivity contribution >= 4 is 29.2 Å². The molecule has 0 aliphatic carbocycles. The maximum absolute atomic E-state index is 13.5. The summed E-state index contributed by atoms with van der Waals surface area (Å²) in [6.45, 7) is 1.98. The molecule has 2 aromatic rings. The highest BCUT2D eigenvalue weighted by Gasteiger charge is 2.33. The zero-order valence-electron chi connectivity index (χ0n) is 17.7. The van der Waals surface area contributed by atoms with Crippen LogP contribution in [0.4, 0.5) is 14.6 Å². The van der Waals surface area contributed by atoms with Gasteiger partial charge in [-0.25, -0.2) is 18.8 Å². The smallest absolute Gasteiger partial charge is 0.287 e. The molecule has 1 N–H and O–H groups in total. The summed E-state index contributed by atoms with van der Waals surface area (Å²) in [5.74, 6) is -1.60. The summed E-state index contributed by atoms with van der Waals surface area (Å²) in [6.07, 6.45) is 2.82. The number of aliphatic imine (C=N–C) groups is 1. The minimum absolute atomic E-state index is 0.104. The second kappa shape index (κ2) is 8.37. The number of hydrogen-bond acceptors (Lipinski definition) is 6. The number of nitrogens with one attached hydrogen (secondary N) is 1. The first kappa shape index (κ1) is 21.4. The van der Waals surface area contributed by atoms with Crippen LogP contribution in [0.15, 0.2) is 41.5 Å². The second-order valence-electron chi connectivity index (χ2n) is 7.57. The highest BCUT2D eigenvalue weighted by Crippen LogP contribution is 2.29. The molecule has 0 fully saturated rings. The minimum atomic E-state index is -1.03. The molecule has 1 aromatic heterocycles. The fourth-order valence-electron chi connectivity index (χ4n) is 3.54. The van der Waals surface area contributed by atoms with E-state index >= 15 is 0 Å². The Morgan fingerprint density at radius 2 is 2.00 bits per heavy atom. The molecule has 4 rings (SSSR count). The number of amidine groups is 1. The van der Waals surface area contributed by atoms with Gasteiger partial charge in [-0.05, 0) is 36.8 Å². The number of hydrogen-bond donors (Lipinski definition) is 1. The lowest BCUT2D eigenvalue weighted by Gasteiger charge is -2.26. The van der Waals surface area contributed by atoms with E-state index in [1.54, 1.807) is 24.9 Å². The van der Waals surface area contributed by atoms with E-state index in [1.807, 2.05) is 6.08 Å². The molecule has 32 heavy (non-hydrogen) atoms. The van der Waals surface area contributed by atoms with Crippen LogP contribution in [0.5, 0.6) is 5.75 Å². The van der Waals surface area contributed by atoms with Crippen LogP contribution in [0.2, 0.25) is 0 Å². The standard InChI is InChI=1S/C22H21F2N5O3/c1-12-8-13(23)4-5-15(12)16-6-7-28(2)20(26-16)21(30)27-17-11-32-18-9-14(24)10-25-19(18)29(3)22(17)31/h4-6,8-10,17H,7,11H2,1-3H3,(H,27,30). The first-order valence-corrected chi connectivity index (χ1v) is 9.88. The Labute approximate surface area is 183 Å². The highest BCUT2D eigenvalue weighted by molar-refractivity contribution is 6.39. The fourth-order valence-corrected chi connectivity index (χ4v) is 3.54. The summed E-state index contributed by atoms with van der Waals surface area (Å²) in [7, 11) is 3.17. The van der Waals surface area contributed by atoms with Gasteiger partial charge in [0.05, 0.1) is 11.9 Å². The van der Waals surface area contributed by atoms with Gasteiger partial charge in [0.15, 0.2) is 17.4 Å². The molecule has 0 saturated carbocycles. The van der Waals surface area contributed by atoms with Crippen LogP contribution < -0.4 is 15.0 Å². The third-order valence-electron chi connectivity index (χ3n) is 5.27. The van der Waals surface area contributed by atoms with Crippen molar-refractivity contribution in [2.24, 2.45) is 4.99 Å². The molecule has 10 heteroatoms. The number of nitrogens with zero attached hydrogens (tertiary/aromatic N) is 4. The summed E-state index contributed by atoms with van der Waals surface area (Å²) < 4.78 is 32.5. The van der Waals surface area contributed by atoms with Gasteiger partial charge < -0.3 is 15.0 Å². The van der Waals surface area contributed by atoms with Crippen molar-refractivity contribution in [3.8, 4) is 5.75 Å². The van der Waals surface area contributed by atoms with Gasteiger partial charge in [0.2, 0.25) is 0 Å². The lowest BCUT2D eigenvalue weighted by atomic mass is 10.0. The predicted octanol–water partition coefficient (Wildman–Crippen LogP) is 1.89. The molecule has 1 atom stereocenters. The molecule has 2 aliphatic rings. The lowest BCUT2D eigenvalue weighted by Crippen LogP contribution is -2.53. The van der Waals surface area contributed by atoms with Gasteiger partial charge in [0.25, 0.3) is 11.8 Å². The molecule has 8 nitrogen and oxygen atoms in total. The molecule has 166 valence electrons. The average Bonchev–Trinajstić information content (AvgIpc) is 2.86. The van der Waals surface area contributed by atoms with Crippen LogP contribution in [-0.4, -0.2) is 60.8 Å². The molecule has 1 aromatic carbocycles. The van der Waals surface area contributed by atoms with Crippen LogP contribution in [0.1, 0.15) is 11.1 Å². The van der Waals surface area contributed by atoms with Gasteiger partial charge in [-0.2, -0.15) is 0 Å². The van der Waals surface area contributed by atoms with E-state index < -0.39 is 23.7 Å². The van der Waals surface area contributed by atoms with Crippen molar-refractivity contribution in [1.29, 1.82) is 0 Å². The zero-order valence-corrected chi connectivity index (χ0v) is 17.7. The predicted molar refractivity (Wildman–Crippen MR) is 114 cm³/mol. The maximum Gasteiger partial charge on any atom is 0.287 e. The largest absolute Gasteiger partial charge is 0.487 e. The van der Waals surface area contributed by atoms with Crippen molar-refractivity contribution in [3.63, 3.8) is 0 Å². The first-order valence-electron chi connectivity index (χ1n) is 9.88. The van der Waals surface area contributed by atoms with E-state index in [-0.39, 0.29) is 29.8 Å². The number of ether oxygens (including phenoxy) is 1. The lowest BCUT2D eigenvalue weighted by molar-refractivity contribution is -0.125. The first-order chi connectivity index (χ1) is 15.2. The quantitative estimate of drug-likeness (QED) is 0.786. The molecule has 0 bridgehead atoms. The number of halogens is 2. The van der Waals surface area contributed by atoms with Crippen molar-refractivity contribution in [3.05, 3.63) is 59.3 Å². The summed E-state index contributed by atoms with van der Waals surface area (Å²) >= 11 is 0. The minimum Gasteiger partial charge on any atom is -0.487 e. The van der Waals surface area contributed by atoms with E-state index in [0.29, 0.717) is 23.4 Å². The number of likely N-dealkylation sites (N-methyl/N-ethyl adjacent to an activating group) is 2. The molecule has 2 amide bonds. The van der Waals surface area contributed by atoms with Crippen LogP contribution >= 0.6 is 0 Å². The van der Waals surface area contributed by atoms with E-state index in [4.69, 9.17) is 4.74 Å². The van der Waals surface area contributed by atoms with Crippen molar-refractivity contribution in [1.82, 2.24) is 15.2 Å². The maximum atomic E-state index is 13.5. The Morgan fingerprint density at radius 3 is 2.75 bits per heavy atom. The number of carbonyl (C=O) groups excluding carboxylic acids is 2. The summed E-state index contributed by atoms with van der Waals surface area (Å²) in [4.78, 5) is 37.1. The molecule has 0 radical (unpaired) electrons. The molecule has 0 saturated heterocycles.